The predicted octanol–water partition coefficient (Wildman–Crippen LogP) is 2.79. The van der Waals surface area contributed by atoms with Crippen molar-refractivity contribution in [3.8, 4) is 0 Å². The average Bonchev–Trinajstić information content (AvgIpc) is 2.87. The molecule has 118 valence electrons. The maximum Gasteiger partial charge on any atom is 0.419 e. The maximum absolute atomic E-state index is 12.7. The molecular formula is C18H18N2O3. The van der Waals surface area contributed by atoms with Crippen molar-refractivity contribution < 1.29 is 9.21 Å². The minimum Gasteiger partial charge on any atom is -0.408 e. The highest BCUT2D eigenvalue weighted by atomic mass is 16.4. The summed E-state index contributed by atoms with van der Waals surface area (Å²) in [6.07, 6.45) is 0. The van der Waals surface area contributed by atoms with Gasteiger partial charge in [0.2, 0.25) is 0 Å². The molecule has 2 aromatic carbocycles. The summed E-state index contributed by atoms with van der Waals surface area (Å²) in [5.41, 5.74) is 2.74. The summed E-state index contributed by atoms with van der Waals surface area (Å²) >= 11 is 0. The number of carbonyl (C=O) groups is 1. The Kier molecular flexibility index (Phi) is 4.02. The van der Waals surface area contributed by atoms with Crippen molar-refractivity contribution in [3.05, 3.63) is 70.2 Å². The summed E-state index contributed by atoms with van der Waals surface area (Å²) in [5.74, 6) is -0.492. The summed E-state index contributed by atoms with van der Waals surface area (Å²) in [6.45, 7) is 3.11. The van der Waals surface area contributed by atoms with Gasteiger partial charge in [0.05, 0.1) is 5.52 Å². The molecule has 1 heterocycles. The second-order valence-corrected chi connectivity index (χ2v) is 5.41. The fourth-order valence-electron chi connectivity index (χ4n) is 2.57. The Morgan fingerprint density at radius 1 is 1.17 bits per heavy atom. The standard InChI is InChI=1S/C18H18N2O3/c1-3-20(12-13-7-5-4-6-8-13)17(21)14-9-10-16-15(11-14)19(2)18(22)23-16/h4-11H,3,12H2,1-2H3. The second-order valence-electron chi connectivity index (χ2n) is 5.41. The van der Waals surface area contributed by atoms with E-state index in [1.165, 1.54) is 4.57 Å². The highest BCUT2D eigenvalue weighted by Crippen LogP contribution is 2.17. The Morgan fingerprint density at radius 3 is 2.61 bits per heavy atom. The Balaban J connectivity index is 1.91. The highest BCUT2D eigenvalue weighted by Gasteiger charge is 2.16. The van der Waals surface area contributed by atoms with Gasteiger partial charge >= 0.3 is 5.76 Å². The van der Waals surface area contributed by atoms with E-state index in [-0.39, 0.29) is 5.91 Å². The molecule has 0 saturated carbocycles. The first-order valence-electron chi connectivity index (χ1n) is 7.53. The van der Waals surface area contributed by atoms with Gasteiger partial charge in [0.15, 0.2) is 5.58 Å². The summed E-state index contributed by atoms with van der Waals surface area (Å²) in [7, 11) is 1.63. The first-order chi connectivity index (χ1) is 11.1. The molecule has 1 amide bonds. The number of nitrogens with zero attached hydrogens (tertiary/aromatic N) is 2. The van der Waals surface area contributed by atoms with Crippen LogP contribution in [0.1, 0.15) is 22.8 Å². The van der Waals surface area contributed by atoms with Crippen molar-refractivity contribution in [2.45, 2.75) is 13.5 Å². The molecule has 5 nitrogen and oxygen atoms in total. The van der Waals surface area contributed by atoms with Crippen LogP contribution in [-0.4, -0.2) is 21.9 Å². The molecule has 3 rings (SSSR count). The minimum atomic E-state index is -0.429. The van der Waals surface area contributed by atoms with Crippen molar-refractivity contribution in [3.63, 3.8) is 0 Å². The average molecular weight is 310 g/mol. The third-order valence-corrected chi connectivity index (χ3v) is 3.92. The SMILES string of the molecule is CCN(Cc1ccccc1)C(=O)c1ccc2oc(=O)n(C)c2c1. The lowest BCUT2D eigenvalue weighted by Crippen LogP contribution is -2.30. The van der Waals surface area contributed by atoms with Gasteiger partial charge in [-0.1, -0.05) is 30.3 Å². The lowest BCUT2D eigenvalue weighted by Gasteiger charge is -2.21. The number of amides is 1. The normalized spacial score (nSPS) is 10.9. The second kappa shape index (κ2) is 6.12. The predicted molar refractivity (Wildman–Crippen MR) is 88.3 cm³/mol. The van der Waals surface area contributed by atoms with Crippen LogP contribution in [0.15, 0.2) is 57.7 Å². The molecule has 0 aliphatic heterocycles. The lowest BCUT2D eigenvalue weighted by molar-refractivity contribution is 0.0752. The molecule has 0 aliphatic carbocycles. The summed E-state index contributed by atoms with van der Waals surface area (Å²) in [5, 5.41) is 0. The molecular weight excluding hydrogens is 292 g/mol. The largest absolute Gasteiger partial charge is 0.419 e. The van der Waals surface area contributed by atoms with Gasteiger partial charge in [-0.15, -0.1) is 0 Å². The monoisotopic (exact) mass is 310 g/mol. The highest BCUT2D eigenvalue weighted by molar-refractivity contribution is 5.97. The number of hydrogen-bond donors (Lipinski definition) is 0. The Labute approximate surface area is 133 Å². The molecule has 0 N–H and O–H groups in total. The van der Waals surface area contributed by atoms with Gasteiger partial charge in [-0.3, -0.25) is 9.36 Å². The first-order valence-corrected chi connectivity index (χ1v) is 7.53. The third-order valence-electron chi connectivity index (χ3n) is 3.92. The fourth-order valence-corrected chi connectivity index (χ4v) is 2.57. The summed E-state index contributed by atoms with van der Waals surface area (Å²) < 4.78 is 6.50. The van der Waals surface area contributed by atoms with Crippen molar-refractivity contribution >= 4 is 17.0 Å². The van der Waals surface area contributed by atoms with Gasteiger partial charge in [-0.05, 0) is 30.7 Å². The zero-order chi connectivity index (χ0) is 16.4. The van der Waals surface area contributed by atoms with E-state index < -0.39 is 5.76 Å². The molecule has 3 aromatic rings. The van der Waals surface area contributed by atoms with Crippen LogP contribution in [-0.2, 0) is 13.6 Å². The van der Waals surface area contributed by atoms with Crippen molar-refractivity contribution in [2.24, 2.45) is 7.05 Å². The van der Waals surface area contributed by atoms with Crippen LogP contribution in [0.3, 0.4) is 0 Å². The number of benzene rings is 2. The number of aryl methyl sites for hydroxylation is 1. The molecule has 0 aliphatic rings. The van der Waals surface area contributed by atoms with Gasteiger partial charge in [-0.25, -0.2) is 4.79 Å². The third kappa shape index (κ3) is 2.90. The van der Waals surface area contributed by atoms with Gasteiger partial charge in [0, 0.05) is 25.7 Å². The molecule has 0 saturated heterocycles. The van der Waals surface area contributed by atoms with E-state index in [0.717, 1.165) is 5.56 Å². The first kappa shape index (κ1) is 15.1. The molecule has 0 radical (unpaired) electrons. The van der Waals surface area contributed by atoms with Gasteiger partial charge in [0.1, 0.15) is 0 Å². The number of hydrogen-bond acceptors (Lipinski definition) is 3. The van der Waals surface area contributed by atoms with E-state index in [9.17, 15) is 9.59 Å². The van der Waals surface area contributed by atoms with Gasteiger partial charge in [-0.2, -0.15) is 0 Å². The van der Waals surface area contributed by atoms with Crippen LogP contribution >= 0.6 is 0 Å². The molecule has 1 aromatic heterocycles. The number of rotatable bonds is 4. The minimum absolute atomic E-state index is 0.0631. The number of oxazole rings is 1. The zero-order valence-electron chi connectivity index (χ0n) is 13.2. The molecule has 0 bridgehead atoms. The quantitative estimate of drug-likeness (QED) is 0.744. The fraction of sp³-hybridized carbons (Fsp3) is 0.222. The van der Waals surface area contributed by atoms with Crippen LogP contribution in [0.4, 0.5) is 0 Å². The Morgan fingerprint density at radius 2 is 1.91 bits per heavy atom. The lowest BCUT2D eigenvalue weighted by atomic mass is 10.1. The van der Waals surface area contributed by atoms with Crippen LogP contribution in [0.2, 0.25) is 0 Å². The van der Waals surface area contributed by atoms with E-state index in [1.54, 1.807) is 30.1 Å². The summed E-state index contributed by atoms with van der Waals surface area (Å²) in [4.78, 5) is 26.1. The molecule has 23 heavy (non-hydrogen) atoms. The van der Waals surface area contributed by atoms with E-state index >= 15 is 0 Å². The number of aromatic nitrogens is 1. The van der Waals surface area contributed by atoms with Crippen molar-refractivity contribution in [1.82, 2.24) is 9.47 Å². The van der Waals surface area contributed by atoms with Gasteiger partial charge in [0.25, 0.3) is 5.91 Å². The number of fused-ring (bicyclic) bond motifs is 1. The molecule has 5 heteroatoms. The number of carbonyl (C=O) groups excluding carboxylic acids is 1. The van der Waals surface area contributed by atoms with Crippen LogP contribution in [0.5, 0.6) is 0 Å². The summed E-state index contributed by atoms with van der Waals surface area (Å²) in [6, 6.07) is 14.9. The Hall–Kier alpha value is -2.82. The van der Waals surface area contributed by atoms with Gasteiger partial charge < -0.3 is 9.32 Å². The van der Waals surface area contributed by atoms with E-state index in [4.69, 9.17) is 4.42 Å². The van der Waals surface area contributed by atoms with Crippen molar-refractivity contribution in [2.75, 3.05) is 6.54 Å². The van der Waals surface area contributed by atoms with E-state index in [0.29, 0.717) is 29.8 Å². The van der Waals surface area contributed by atoms with E-state index in [2.05, 4.69) is 0 Å². The Bertz CT molecular complexity index is 894. The topological polar surface area (TPSA) is 55.5 Å². The van der Waals surface area contributed by atoms with Crippen LogP contribution in [0.25, 0.3) is 11.1 Å². The zero-order valence-corrected chi connectivity index (χ0v) is 13.2. The molecule has 0 fully saturated rings. The molecule has 0 atom stereocenters. The smallest absolute Gasteiger partial charge is 0.408 e. The van der Waals surface area contributed by atoms with Crippen molar-refractivity contribution in [1.29, 1.82) is 0 Å². The maximum atomic E-state index is 12.7. The molecule has 0 unspecified atom stereocenters. The van der Waals surface area contributed by atoms with Crippen LogP contribution < -0.4 is 5.76 Å². The van der Waals surface area contributed by atoms with Crippen LogP contribution in [0, 0.1) is 0 Å². The molecule has 0 spiro atoms. The van der Waals surface area contributed by atoms with E-state index in [1.807, 2.05) is 37.3 Å².